The summed E-state index contributed by atoms with van der Waals surface area (Å²) < 4.78 is 0. The highest BCUT2D eigenvalue weighted by molar-refractivity contribution is 5.94. The van der Waals surface area contributed by atoms with Gasteiger partial charge in [0.15, 0.2) is 0 Å². The first-order chi connectivity index (χ1) is 7.61. The first-order valence-corrected chi connectivity index (χ1v) is 5.79. The van der Waals surface area contributed by atoms with Crippen LogP contribution in [0.4, 0.5) is 0 Å². The van der Waals surface area contributed by atoms with Crippen molar-refractivity contribution in [1.82, 2.24) is 10.2 Å². The zero-order chi connectivity index (χ0) is 11.7. The molecule has 0 saturated heterocycles. The molecule has 1 heterocycles. The van der Waals surface area contributed by atoms with Gasteiger partial charge in [0.25, 0.3) is 5.91 Å². The molecule has 4 heteroatoms. The van der Waals surface area contributed by atoms with Crippen LogP contribution in [0.1, 0.15) is 26.2 Å². The van der Waals surface area contributed by atoms with Crippen LogP contribution in [0.5, 0.6) is 0 Å². The molecule has 1 aliphatic carbocycles. The first kappa shape index (κ1) is 11.2. The molecule has 0 aromatic heterocycles. The van der Waals surface area contributed by atoms with Crippen LogP contribution in [0.15, 0.2) is 24.2 Å². The lowest BCUT2D eigenvalue weighted by Crippen LogP contribution is -2.41. The molecular weight excluding hydrogens is 202 g/mol. The number of nitrogens with one attached hydrogen (secondary N) is 1. The Kier molecular flexibility index (Phi) is 3.01. The number of amides is 1. The molecule has 0 aromatic rings. The molecule has 2 rings (SSSR count). The SMILES string of the molecule is C=C1NC(=O)C(C)=CN1C1CCC(CN)C1. The van der Waals surface area contributed by atoms with Gasteiger partial charge in [-0.3, -0.25) is 4.79 Å². The number of rotatable bonds is 2. The van der Waals surface area contributed by atoms with Gasteiger partial charge in [-0.15, -0.1) is 0 Å². The maximum absolute atomic E-state index is 11.4. The molecule has 2 unspecified atom stereocenters. The lowest BCUT2D eigenvalue weighted by Gasteiger charge is -2.33. The second-order valence-electron chi connectivity index (χ2n) is 4.69. The van der Waals surface area contributed by atoms with Crippen LogP contribution in [-0.4, -0.2) is 23.4 Å². The van der Waals surface area contributed by atoms with Crippen LogP contribution in [0.3, 0.4) is 0 Å². The molecule has 1 fully saturated rings. The van der Waals surface area contributed by atoms with Gasteiger partial charge in [-0.05, 0) is 38.6 Å². The minimum atomic E-state index is -0.0466. The molecule has 0 aromatic carbocycles. The fourth-order valence-corrected chi connectivity index (χ4v) is 2.48. The van der Waals surface area contributed by atoms with Crippen molar-refractivity contribution >= 4 is 5.91 Å². The van der Waals surface area contributed by atoms with E-state index >= 15 is 0 Å². The minimum absolute atomic E-state index is 0.0466. The highest BCUT2D eigenvalue weighted by Gasteiger charge is 2.30. The van der Waals surface area contributed by atoms with Crippen molar-refractivity contribution in [2.24, 2.45) is 11.7 Å². The van der Waals surface area contributed by atoms with Crippen LogP contribution in [0.2, 0.25) is 0 Å². The Morgan fingerprint density at radius 3 is 3.00 bits per heavy atom. The summed E-state index contributed by atoms with van der Waals surface area (Å²) in [6.45, 7) is 6.47. The van der Waals surface area contributed by atoms with Crippen molar-refractivity contribution in [1.29, 1.82) is 0 Å². The second kappa shape index (κ2) is 4.29. The Balaban J connectivity index is 2.10. The summed E-state index contributed by atoms with van der Waals surface area (Å²) in [6, 6.07) is 0.441. The average Bonchev–Trinajstić information content (AvgIpc) is 2.71. The van der Waals surface area contributed by atoms with Crippen LogP contribution in [0, 0.1) is 5.92 Å². The van der Waals surface area contributed by atoms with E-state index in [1.807, 2.05) is 13.1 Å². The lowest BCUT2D eigenvalue weighted by molar-refractivity contribution is -0.117. The third-order valence-corrected chi connectivity index (χ3v) is 3.50. The van der Waals surface area contributed by atoms with Crippen molar-refractivity contribution in [3.63, 3.8) is 0 Å². The summed E-state index contributed by atoms with van der Waals surface area (Å²) in [5, 5.41) is 2.78. The van der Waals surface area contributed by atoms with E-state index in [0.29, 0.717) is 17.8 Å². The third kappa shape index (κ3) is 1.97. The smallest absolute Gasteiger partial charge is 0.253 e. The van der Waals surface area contributed by atoms with Gasteiger partial charge >= 0.3 is 0 Å². The molecule has 0 radical (unpaired) electrons. The predicted molar refractivity (Wildman–Crippen MR) is 63.1 cm³/mol. The zero-order valence-corrected chi connectivity index (χ0v) is 9.70. The van der Waals surface area contributed by atoms with Crippen LogP contribution in [0.25, 0.3) is 0 Å². The van der Waals surface area contributed by atoms with Crippen LogP contribution in [-0.2, 0) is 4.79 Å². The number of nitrogens with zero attached hydrogens (tertiary/aromatic N) is 1. The molecule has 1 amide bonds. The highest BCUT2D eigenvalue weighted by atomic mass is 16.2. The molecule has 88 valence electrons. The number of nitrogens with two attached hydrogens (primary N) is 1. The first-order valence-electron chi connectivity index (χ1n) is 5.79. The van der Waals surface area contributed by atoms with Crippen molar-refractivity contribution in [3.8, 4) is 0 Å². The van der Waals surface area contributed by atoms with E-state index in [4.69, 9.17) is 5.73 Å². The van der Waals surface area contributed by atoms with Crippen molar-refractivity contribution in [2.45, 2.75) is 32.2 Å². The molecule has 16 heavy (non-hydrogen) atoms. The summed E-state index contributed by atoms with van der Waals surface area (Å²) >= 11 is 0. The van der Waals surface area contributed by atoms with Crippen molar-refractivity contribution in [3.05, 3.63) is 24.2 Å². The van der Waals surface area contributed by atoms with Crippen molar-refractivity contribution < 1.29 is 4.79 Å². The molecule has 4 nitrogen and oxygen atoms in total. The lowest BCUT2D eigenvalue weighted by atomic mass is 10.1. The summed E-state index contributed by atoms with van der Waals surface area (Å²) in [6.07, 6.45) is 5.30. The fraction of sp³-hybridized carbons (Fsp3) is 0.583. The van der Waals surface area contributed by atoms with Gasteiger partial charge in [-0.2, -0.15) is 0 Å². The van der Waals surface area contributed by atoms with Crippen molar-refractivity contribution in [2.75, 3.05) is 6.54 Å². The van der Waals surface area contributed by atoms with E-state index in [0.717, 1.165) is 25.0 Å². The zero-order valence-electron chi connectivity index (χ0n) is 9.70. The van der Waals surface area contributed by atoms with E-state index in [2.05, 4.69) is 16.8 Å². The van der Waals surface area contributed by atoms with E-state index in [-0.39, 0.29) is 5.91 Å². The van der Waals surface area contributed by atoms with Gasteiger partial charge in [0.2, 0.25) is 0 Å². The molecule has 2 atom stereocenters. The molecule has 0 bridgehead atoms. The number of hydrogen-bond donors (Lipinski definition) is 2. The Labute approximate surface area is 96.2 Å². The van der Waals surface area contributed by atoms with Gasteiger partial charge in [0, 0.05) is 17.8 Å². The molecule has 3 N–H and O–H groups in total. The number of carbonyl (C=O) groups is 1. The Hall–Kier alpha value is -1.29. The monoisotopic (exact) mass is 221 g/mol. The third-order valence-electron chi connectivity index (χ3n) is 3.50. The summed E-state index contributed by atoms with van der Waals surface area (Å²) in [5.74, 6) is 1.26. The van der Waals surface area contributed by atoms with Gasteiger partial charge in [0.1, 0.15) is 5.82 Å². The molecule has 1 aliphatic heterocycles. The topological polar surface area (TPSA) is 58.4 Å². The molecule has 2 aliphatic rings. The van der Waals surface area contributed by atoms with E-state index < -0.39 is 0 Å². The Bertz CT molecular complexity index is 348. The van der Waals surface area contributed by atoms with E-state index in [1.165, 1.54) is 6.42 Å². The second-order valence-corrected chi connectivity index (χ2v) is 4.69. The summed E-state index contributed by atoms with van der Waals surface area (Å²) in [5.41, 5.74) is 6.42. The standard InChI is InChI=1S/C12H19N3O/c1-8-7-15(9(2)14-12(8)16)11-4-3-10(5-11)6-13/h7,10-11H,2-6,13H2,1H3,(H,14,16). The Morgan fingerprint density at radius 2 is 2.38 bits per heavy atom. The maximum Gasteiger partial charge on any atom is 0.253 e. The maximum atomic E-state index is 11.4. The van der Waals surface area contributed by atoms with Gasteiger partial charge in [-0.1, -0.05) is 6.58 Å². The van der Waals surface area contributed by atoms with Gasteiger partial charge < -0.3 is 16.0 Å². The number of hydrogen-bond acceptors (Lipinski definition) is 3. The summed E-state index contributed by atoms with van der Waals surface area (Å²) in [4.78, 5) is 13.5. The summed E-state index contributed by atoms with van der Waals surface area (Å²) in [7, 11) is 0. The molecule has 0 spiro atoms. The van der Waals surface area contributed by atoms with Gasteiger partial charge in [-0.25, -0.2) is 0 Å². The van der Waals surface area contributed by atoms with Gasteiger partial charge in [0.05, 0.1) is 0 Å². The molecular formula is C12H19N3O. The van der Waals surface area contributed by atoms with E-state index in [1.54, 1.807) is 0 Å². The Morgan fingerprint density at radius 1 is 1.62 bits per heavy atom. The largest absolute Gasteiger partial charge is 0.331 e. The van der Waals surface area contributed by atoms with E-state index in [9.17, 15) is 4.79 Å². The average molecular weight is 221 g/mol. The van der Waals surface area contributed by atoms with Crippen LogP contribution < -0.4 is 11.1 Å². The molecule has 1 saturated carbocycles. The highest BCUT2D eigenvalue weighted by Crippen LogP contribution is 2.31. The quantitative estimate of drug-likeness (QED) is 0.729. The number of carbonyl (C=O) groups excluding carboxylic acids is 1. The fourth-order valence-electron chi connectivity index (χ4n) is 2.48. The minimum Gasteiger partial charge on any atom is -0.331 e. The normalized spacial score (nSPS) is 30.4. The van der Waals surface area contributed by atoms with Crippen LogP contribution >= 0.6 is 0 Å². The predicted octanol–water partition coefficient (Wildman–Crippen LogP) is 0.921.